The third kappa shape index (κ3) is 3.42. The van der Waals surface area contributed by atoms with E-state index in [4.69, 9.17) is 10.5 Å². The minimum atomic E-state index is -0.288. The first-order chi connectivity index (χ1) is 12.1. The van der Waals surface area contributed by atoms with E-state index in [1.54, 1.807) is 24.3 Å². The van der Waals surface area contributed by atoms with E-state index in [2.05, 4.69) is 4.98 Å². The number of carbonyl (C=O) groups excluding carboxylic acids is 1. The Morgan fingerprint density at radius 2 is 1.80 bits per heavy atom. The number of rotatable bonds is 4. The number of hydrogen-bond acceptors (Lipinski definition) is 4. The molecule has 2 unspecified atom stereocenters. The van der Waals surface area contributed by atoms with Crippen molar-refractivity contribution >= 4 is 11.5 Å². The van der Waals surface area contributed by atoms with Crippen molar-refractivity contribution in [1.82, 2.24) is 4.98 Å². The van der Waals surface area contributed by atoms with E-state index in [1.807, 2.05) is 0 Å². The molecular formula is C20H21FN2O2. The van der Waals surface area contributed by atoms with Crippen molar-refractivity contribution in [2.45, 2.75) is 44.3 Å². The normalized spacial score (nSPS) is 25.1. The van der Waals surface area contributed by atoms with Gasteiger partial charge in [0.1, 0.15) is 11.6 Å². The van der Waals surface area contributed by atoms with Crippen molar-refractivity contribution in [3.63, 3.8) is 0 Å². The zero-order valence-corrected chi connectivity index (χ0v) is 14.0. The number of pyridine rings is 1. The first-order valence-electron chi connectivity index (χ1n) is 8.78. The fraction of sp³-hybridized carbons (Fsp3) is 0.400. The Morgan fingerprint density at radius 3 is 2.48 bits per heavy atom. The van der Waals surface area contributed by atoms with Crippen LogP contribution in [0, 0.1) is 11.7 Å². The first kappa shape index (κ1) is 16.2. The molecule has 5 heteroatoms. The number of nitrogen functional groups attached to an aromatic ring is 1. The molecule has 3 heterocycles. The van der Waals surface area contributed by atoms with Gasteiger partial charge in [0.2, 0.25) is 0 Å². The van der Waals surface area contributed by atoms with E-state index < -0.39 is 0 Å². The molecule has 0 saturated carbocycles. The largest absolute Gasteiger partial charge is 0.397 e. The van der Waals surface area contributed by atoms with Crippen molar-refractivity contribution in [1.29, 1.82) is 0 Å². The zero-order valence-electron chi connectivity index (χ0n) is 14.0. The van der Waals surface area contributed by atoms with Crippen LogP contribution < -0.4 is 5.73 Å². The standard InChI is InChI=1S/C20H21FN2O2/c21-14-3-1-12(2-4-14)18-8-7-17(22)19(23-18)11-20(24)13-9-15-5-6-16(10-13)25-15/h1-4,7-8,13,15-16H,5-6,9-11,22H2. The molecule has 2 fully saturated rings. The molecule has 25 heavy (non-hydrogen) atoms. The van der Waals surface area contributed by atoms with Crippen LogP contribution in [0.25, 0.3) is 11.3 Å². The molecule has 4 rings (SSSR count). The number of benzene rings is 1. The first-order valence-corrected chi connectivity index (χ1v) is 8.78. The monoisotopic (exact) mass is 340 g/mol. The molecule has 1 aromatic carbocycles. The van der Waals surface area contributed by atoms with Gasteiger partial charge in [0.15, 0.2) is 0 Å². The van der Waals surface area contributed by atoms with Gasteiger partial charge in [0, 0.05) is 11.5 Å². The number of hydrogen-bond donors (Lipinski definition) is 1. The molecule has 130 valence electrons. The number of nitrogens with two attached hydrogens (primary N) is 1. The Kier molecular flexibility index (Phi) is 4.25. The van der Waals surface area contributed by atoms with Crippen molar-refractivity contribution in [3.8, 4) is 11.3 Å². The second-order valence-electron chi connectivity index (χ2n) is 7.01. The zero-order chi connectivity index (χ0) is 17.4. The summed E-state index contributed by atoms with van der Waals surface area (Å²) in [5.41, 5.74) is 8.66. The Morgan fingerprint density at radius 1 is 1.12 bits per heavy atom. The number of carbonyl (C=O) groups is 1. The van der Waals surface area contributed by atoms with Gasteiger partial charge < -0.3 is 10.5 Å². The molecule has 1 aromatic heterocycles. The van der Waals surface area contributed by atoms with Crippen LogP contribution in [0.4, 0.5) is 10.1 Å². The number of fused-ring (bicyclic) bond motifs is 2. The van der Waals surface area contributed by atoms with Crippen LogP contribution in [0.3, 0.4) is 0 Å². The van der Waals surface area contributed by atoms with Gasteiger partial charge in [-0.3, -0.25) is 9.78 Å². The van der Waals surface area contributed by atoms with Gasteiger partial charge in [-0.1, -0.05) is 0 Å². The van der Waals surface area contributed by atoms with E-state index in [1.165, 1.54) is 12.1 Å². The maximum atomic E-state index is 13.1. The summed E-state index contributed by atoms with van der Waals surface area (Å²) in [6.07, 6.45) is 4.47. The lowest BCUT2D eigenvalue weighted by atomic mass is 9.89. The maximum absolute atomic E-state index is 13.1. The van der Waals surface area contributed by atoms with Crippen LogP contribution in [0.15, 0.2) is 36.4 Å². The summed E-state index contributed by atoms with van der Waals surface area (Å²) in [5, 5.41) is 0. The predicted octanol–water partition coefficient (Wildman–Crippen LogP) is 3.54. The Labute approximate surface area is 146 Å². The lowest BCUT2D eigenvalue weighted by Crippen LogP contribution is -2.31. The van der Waals surface area contributed by atoms with E-state index in [0.717, 1.165) is 31.2 Å². The molecule has 2 aliphatic rings. The fourth-order valence-electron chi connectivity index (χ4n) is 3.87. The SMILES string of the molecule is Nc1ccc(-c2ccc(F)cc2)nc1CC(=O)C1CC2CCC(C1)O2. The molecule has 0 spiro atoms. The molecular weight excluding hydrogens is 319 g/mol. The lowest BCUT2D eigenvalue weighted by molar-refractivity contribution is -0.128. The molecule has 2 saturated heterocycles. The van der Waals surface area contributed by atoms with E-state index >= 15 is 0 Å². The summed E-state index contributed by atoms with van der Waals surface area (Å²) < 4.78 is 18.9. The van der Waals surface area contributed by atoms with Crippen molar-refractivity contribution in [3.05, 3.63) is 47.9 Å². The third-order valence-corrected chi connectivity index (χ3v) is 5.24. The maximum Gasteiger partial charge on any atom is 0.142 e. The molecule has 2 aromatic rings. The van der Waals surface area contributed by atoms with Crippen molar-refractivity contribution in [2.24, 2.45) is 5.92 Å². The molecule has 2 aliphatic heterocycles. The van der Waals surface area contributed by atoms with Crippen LogP contribution in [-0.4, -0.2) is 23.0 Å². The van der Waals surface area contributed by atoms with Gasteiger partial charge in [-0.2, -0.15) is 0 Å². The van der Waals surface area contributed by atoms with Gasteiger partial charge in [-0.05, 0) is 62.1 Å². The minimum Gasteiger partial charge on any atom is -0.397 e. The quantitative estimate of drug-likeness (QED) is 0.924. The predicted molar refractivity (Wildman–Crippen MR) is 93.4 cm³/mol. The molecule has 2 bridgehead atoms. The van der Waals surface area contributed by atoms with Crippen LogP contribution in [0.1, 0.15) is 31.4 Å². The summed E-state index contributed by atoms with van der Waals surface area (Å²) in [4.78, 5) is 17.3. The van der Waals surface area contributed by atoms with Crippen molar-refractivity contribution in [2.75, 3.05) is 5.73 Å². The Bertz CT molecular complexity index is 779. The highest BCUT2D eigenvalue weighted by Gasteiger charge is 2.37. The Hall–Kier alpha value is -2.27. The summed E-state index contributed by atoms with van der Waals surface area (Å²) in [6.45, 7) is 0. The van der Waals surface area contributed by atoms with Crippen LogP contribution in [-0.2, 0) is 16.0 Å². The number of nitrogens with zero attached hydrogens (tertiary/aromatic N) is 1. The highest BCUT2D eigenvalue weighted by molar-refractivity contribution is 5.84. The average molecular weight is 340 g/mol. The Balaban J connectivity index is 1.52. The van der Waals surface area contributed by atoms with E-state index in [0.29, 0.717) is 17.1 Å². The van der Waals surface area contributed by atoms with Crippen molar-refractivity contribution < 1.29 is 13.9 Å². The summed E-state index contributed by atoms with van der Waals surface area (Å²) >= 11 is 0. The number of anilines is 1. The fourth-order valence-corrected chi connectivity index (χ4v) is 3.87. The summed E-state index contributed by atoms with van der Waals surface area (Å²) in [5.74, 6) is -0.0543. The number of ketones is 1. The molecule has 2 N–H and O–H groups in total. The summed E-state index contributed by atoms with van der Waals surface area (Å²) in [6, 6.07) is 9.71. The highest BCUT2D eigenvalue weighted by Crippen LogP contribution is 2.36. The van der Waals surface area contributed by atoms with Crippen LogP contribution in [0.5, 0.6) is 0 Å². The minimum absolute atomic E-state index is 0.0435. The molecule has 4 nitrogen and oxygen atoms in total. The number of ether oxygens (including phenoxy) is 1. The molecule has 0 radical (unpaired) electrons. The number of Topliss-reactive ketones (excluding diaryl/α,β-unsaturated/α-hetero) is 1. The van der Waals surface area contributed by atoms with E-state index in [-0.39, 0.29) is 36.1 Å². The summed E-state index contributed by atoms with van der Waals surface area (Å²) in [7, 11) is 0. The van der Waals surface area contributed by atoms with Gasteiger partial charge in [0.05, 0.1) is 35.7 Å². The van der Waals surface area contributed by atoms with Gasteiger partial charge in [-0.15, -0.1) is 0 Å². The van der Waals surface area contributed by atoms with Gasteiger partial charge in [0.25, 0.3) is 0 Å². The van der Waals surface area contributed by atoms with Crippen LogP contribution >= 0.6 is 0 Å². The topological polar surface area (TPSA) is 65.2 Å². The smallest absolute Gasteiger partial charge is 0.142 e. The second-order valence-corrected chi connectivity index (χ2v) is 7.01. The molecule has 0 amide bonds. The van der Waals surface area contributed by atoms with Crippen LogP contribution in [0.2, 0.25) is 0 Å². The second kappa shape index (κ2) is 6.56. The highest BCUT2D eigenvalue weighted by atomic mass is 19.1. The molecule has 2 atom stereocenters. The van der Waals surface area contributed by atoms with Gasteiger partial charge in [-0.25, -0.2) is 4.39 Å². The van der Waals surface area contributed by atoms with Gasteiger partial charge >= 0.3 is 0 Å². The van der Waals surface area contributed by atoms with E-state index in [9.17, 15) is 9.18 Å². The number of halogens is 1. The third-order valence-electron chi connectivity index (χ3n) is 5.24. The average Bonchev–Trinajstić information content (AvgIpc) is 2.95. The molecule has 0 aliphatic carbocycles. The number of aromatic nitrogens is 1. The lowest BCUT2D eigenvalue weighted by Gasteiger charge is -2.27.